The van der Waals surface area contributed by atoms with Gasteiger partial charge in [0.1, 0.15) is 0 Å². The minimum atomic E-state index is -2.87. The van der Waals surface area contributed by atoms with Crippen LogP contribution >= 0.6 is 0 Å². The molecule has 0 atom stereocenters. The number of rotatable bonds is 2. The maximum absolute atomic E-state index is 14.3. The molecule has 90 valence electrons. The van der Waals surface area contributed by atoms with Gasteiger partial charge in [0, 0.05) is 6.04 Å². The summed E-state index contributed by atoms with van der Waals surface area (Å²) in [6, 6.07) is -0.0404. The Balaban J connectivity index is 2.16. The number of halogens is 3. The molecule has 0 bridgehead atoms. The van der Waals surface area contributed by atoms with Gasteiger partial charge < -0.3 is 10.2 Å². The molecule has 2 rings (SSSR count). The zero-order chi connectivity index (χ0) is 11.8. The molecular formula is C9H12F3N3O. The topological polar surface area (TPSA) is 64.9 Å². The molecule has 1 fully saturated rings. The second-order valence-electron chi connectivity index (χ2n) is 4.05. The Hall–Kier alpha value is -1.11. The van der Waals surface area contributed by atoms with Crippen molar-refractivity contribution in [3.05, 3.63) is 11.8 Å². The Kier molecular flexibility index (Phi) is 2.88. The number of aromatic nitrogens is 2. The lowest BCUT2D eigenvalue weighted by atomic mass is 9.84. The average Bonchev–Trinajstić information content (AvgIpc) is 2.72. The van der Waals surface area contributed by atoms with Crippen molar-refractivity contribution in [2.75, 3.05) is 0 Å². The predicted octanol–water partition coefficient (Wildman–Crippen LogP) is 2.07. The van der Waals surface area contributed by atoms with Gasteiger partial charge in [0.25, 0.3) is 11.8 Å². The molecule has 1 heterocycles. The van der Waals surface area contributed by atoms with Crippen LogP contribution in [0.2, 0.25) is 0 Å². The summed E-state index contributed by atoms with van der Waals surface area (Å²) in [4.78, 5) is 0. The van der Waals surface area contributed by atoms with E-state index < -0.39 is 18.0 Å². The summed E-state index contributed by atoms with van der Waals surface area (Å²) in [5.41, 5.74) is 3.84. The second kappa shape index (κ2) is 4.04. The monoisotopic (exact) mass is 235 g/mol. The number of alkyl halides is 3. The fraction of sp³-hybridized carbons (Fsp3) is 0.778. The van der Waals surface area contributed by atoms with Gasteiger partial charge in [0.2, 0.25) is 0 Å². The van der Waals surface area contributed by atoms with Gasteiger partial charge >= 0.3 is 6.43 Å². The summed E-state index contributed by atoms with van der Waals surface area (Å²) in [6.07, 6.45) is -1.61. The SMILES string of the molecule is NC1CCC(F)(c2nnc(C(F)F)o2)CC1. The van der Waals surface area contributed by atoms with E-state index >= 15 is 0 Å². The molecule has 2 N–H and O–H groups in total. The Morgan fingerprint density at radius 2 is 1.94 bits per heavy atom. The van der Waals surface area contributed by atoms with Gasteiger partial charge in [-0.3, -0.25) is 0 Å². The largest absolute Gasteiger partial charge is 0.416 e. The van der Waals surface area contributed by atoms with E-state index in [4.69, 9.17) is 5.73 Å². The highest BCUT2D eigenvalue weighted by Gasteiger charge is 2.41. The fourth-order valence-corrected chi connectivity index (χ4v) is 1.82. The molecule has 16 heavy (non-hydrogen) atoms. The second-order valence-corrected chi connectivity index (χ2v) is 4.05. The standard InChI is InChI=1S/C9H12F3N3O/c10-6(11)7-14-15-8(16-7)9(12)3-1-5(13)2-4-9/h5-6H,1-4,13H2. The van der Waals surface area contributed by atoms with Crippen LogP contribution in [0.5, 0.6) is 0 Å². The molecule has 0 saturated heterocycles. The smallest absolute Gasteiger partial charge is 0.314 e. The first-order chi connectivity index (χ1) is 7.51. The van der Waals surface area contributed by atoms with Crippen LogP contribution in [0.3, 0.4) is 0 Å². The molecule has 1 saturated carbocycles. The maximum Gasteiger partial charge on any atom is 0.314 e. The Labute approximate surface area is 90.0 Å². The van der Waals surface area contributed by atoms with Crippen LogP contribution in [-0.2, 0) is 5.67 Å². The molecule has 0 amide bonds. The van der Waals surface area contributed by atoms with E-state index in [-0.39, 0.29) is 24.8 Å². The van der Waals surface area contributed by atoms with Crippen LogP contribution in [0.1, 0.15) is 43.9 Å². The number of hydrogen-bond acceptors (Lipinski definition) is 4. The number of hydrogen-bond donors (Lipinski definition) is 1. The van der Waals surface area contributed by atoms with Crippen LogP contribution in [-0.4, -0.2) is 16.2 Å². The van der Waals surface area contributed by atoms with Crippen molar-refractivity contribution in [1.29, 1.82) is 0 Å². The first-order valence-corrected chi connectivity index (χ1v) is 5.08. The highest BCUT2D eigenvalue weighted by Crippen LogP contribution is 2.40. The number of nitrogens with two attached hydrogens (primary N) is 1. The zero-order valence-electron chi connectivity index (χ0n) is 8.50. The van der Waals surface area contributed by atoms with E-state index in [0.717, 1.165) is 0 Å². The molecule has 1 aliphatic rings. The normalized spacial score (nSPS) is 30.9. The third-order valence-electron chi connectivity index (χ3n) is 2.83. The Morgan fingerprint density at radius 1 is 1.31 bits per heavy atom. The molecule has 1 aliphatic carbocycles. The van der Waals surface area contributed by atoms with Gasteiger partial charge in [0.15, 0.2) is 5.67 Å². The van der Waals surface area contributed by atoms with Crippen LogP contribution in [0.25, 0.3) is 0 Å². The van der Waals surface area contributed by atoms with Gasteiger partial charge in [-0.15, -0.1) is 10.2 Å². The van der Waals surface area contributed by atoms with E-state index in [9.17, 15) is 13.2 Å². The van der Waals surface area contributed by atoms with E-state index in [2.05, 4.69) is 14.6 Å². The quantitative estimate of drug-likeness (QED) is 0.852. The Morgan fingerprint density at radius 3 is 2.44 bits per heavy atom. The summed E-state index contributed by atoms with van der Waals surface area (Å²) >= 11 is 0. The lowest BCUT2D eigenvalue weighted by Gasteiger charge is -2.29. The first-order valence-electron chi connectivity index (χ1n) is 5.08. The number of nitrogens with zero attached hydrogens (tertiary/aromatic N) is 2. The highest BCUT2D eigenvalue weighted by molar-refractivity contribution is 5.01. The van der Waals surface area contributed by atoms with Crippen molar-refractivity contribution < 1.29 is 17.6 Å². The van der Waals surface area contributed by atoms with E-state index in [1.54, 1.807) is 0 Å². The van der Waals surface area contributed by atoms with E-state index in [0.29, 0.717) is 12.8 Å². The fourth-order valence-electron chi connectivity index (χ4n) is 1.82. The van der Waals surface area contributed by atoms with Crippen LogP contribution in [0, 0.1) is 0 Å². The van der Waals surface area contributed by atoms with E-state index in [1.807, 2.05) is 0 Å². The Bertz CT molecular complexity index is 361. The lowest BCUT2D eigenvalue weighted by molar-refractivity contribution is 0.0543. The van der Waals surface area contributed by atoms with Gasteiger partial charge in [-0.1, -0.05) is 0 Å². The summed E-state index contributed by atoms with van der Waals surface area (Å²) in [5, 5.41) is 6.46. The molecule has 0 radical (unpaired) electrons. The molecule has 0 aliphatic heterocycles. The maximum atomic E-state index is 14.3. The predicted molar refractivity (Wildman–Crippen MR) is 48.5 cm³/mol. The van der Waals surface area contributed by atoms with Gasteiger partial charge in [-0.2, -0.15) is 8.78 Å². The highest BCUT2D eigenvalue weighted by atomic mass is 19.3. The zero-order valence-corrected chi connectivity index (χ0v) is 8.50. The van der Waals surface area contributed by atoms with Crippen molar-refractivity contribution in [3.63, 3.8) is 0 Å². The van der Waals surface area contributed by atoms with Crippen molar-refractivity contribution in [1.82, 2.24) is 10.2 Å². The van der Waals surface area contributed by atoms with Crippen molar-refractivity contribution in [2.45, 2.75) is 43.8 Å². The van der Waals surface area contributed by atoms with Crippen molar-refractivity contribution >= 4 is 0 Å². The van der Waals surface area contributed by atoms with E-state index in [1.165, 1.54) is 0 Å². The van der Waals surface area contributed by atoms with Crippen LogP contribution in [0.4, 0.5) is 13.2 Å². The summed E-state index contributed by atoms with van der Waals surface area (Å²) in [6.45, 7) is 0. The molecule has 1 aromatic heterocycles. The molecule has 4 nitrogen and oxygen atoms in total. The first kappa shape index (κ1) is 11.4. The lowest BCUT2D eigenvalue weighted by Crippen LogP contribution is -2.34. The van der Waals surface area contributed by atoms with Crippen LogP contribution < -0.4 is 5.73 Å². The average molecular weight is 235 g/mol. The van der Waals surface area contributed by atoms with Gasteiger partial charge in [-0.25, -0.2) is 4.39 Å². The third kappa shape index (κ3) is 2.04. The van der Waals surface area contributed by atoms with Gasteiger partial charge in [-0.05, 0) is 25.7 Å². The van der Waals surface area contributed by atoms with Crippen molar-refractivity contribution in [2.24, 2.45) is 5.73 Å². The minimum absolute atomic E-state index is 0.0404. The minimum Gasteiger partial charge on any atom is -0.416 e. The molecule has 0 unspecified atom stereocenters. The third-order valence-corrected chi connectivity index (χ3v) is 2.83. The summed E-state index contributed by atoms with van der Waals surface area (Å²) in [7, 11) is 0. The molecule has 1 aromatic rings. The molecule has 0 aromatic carbocycles. The molecule has 0 spiro atoms. The van der Waals surface area contributed by atoms with Gasteiger partial charge in [0.05, 0.1) is 0 Å². The molecule has 7 heteroatoms. The molecular weight excluding hydrogens is 223 g/mol. The van der Waals surface area contributed by atoms with Crippen LogP contribution in [0.15, 0.2) is 4.42 Å². The summed E-state index contributed by atoms with van der Waals surface area (Å²) in [5.74, 6) is -1.18. The summed E-state index contributed by atoms with van der Waals surface area (Å²) < 4.78 is 43.3. The van der Waals surface area contributed by atoms with Crippen molar-refractivity contribution in [3.8, 4) is 0 Å².